The van der Waals surface area contributed by atoms with Crippen LogP contribution in [-0.4, -0.2) is 32.0 Å². The lowest BCUT2D eigenvalue weighted by atomic mass is 9.95. The Hall–Kier alpha value is -3.38. The zero-order chi connectivity index (χ0) is 22.2. The third kappa shape index (κ3) is 3.41. The summed E-state index contributed by atoms with van der Waals surface area (Å²) >= 11 is 6.12. The van der Waals surface area contributed by atoms with Gasteiger partial charge in [0.25, 0.3) is 0 Å². The van der Waals surface area contributed by atoms with E-state index >= 15 is 0 Å². The van der Waals surface area contributed by atoms with Crippen LogP contribution in [0.1, 0.15) is 35.4 Å². The minimum atomic E-state index is -0.404. The van der Waals surface area contributed by atoms with Crippen LogP contribution < -0.4 is 18.9 Å². The van der Waals surface area contributed by atoms with Crippen LogP contribution in [-0.2, 0) is 0 Å². The molecule has 0 spiro atoms. The van der Waals surface area contributed by atoms with E-state index < -0.39 is 6.23 Å². The Morgan fingerprint density at radius 1 is 0.906 bits per heavy atom. The molecule has 2 aliphatic heterocycles. The van der Waals surface area contributed by atoms with Crippen LogP contribution in [0.5, 0.6) is 23.0 Å². The molecule has 2 heterocycles. The van der Waals surface area contributed by atoms with E-state index in [9.17, 15) is 0 Å². The van der Waals surface area contributed by atoms with Crippen molar-refractivity contribution in [2.75, 3.05) is 21.3 Å². The minimum Gasteiger partial charge on any atom is -0.493 e. The maximum Gasteiger partial charge on any atom is 0.214 e. The van der Waals surface area contributed by atoms with Crippen molar-refractivity contribution in [1.29, 1.82) is 0 Å². The second-order valence-electron chi connectivity index (χ2n) is 7.62. The predicted octanol–water partition coefficient (Wildman–Crippen LogP) is 5.61. The molecule has 32 heavy (non-hydrogen) atoms. The summed E-state index contributed by atoms with van der Waals surface area (Å²) in [5, 5.41) is 7.70. The Morgan fingerprint density at radius 2 is 1.66 bits per heavy atom. The van der Waals surface area contributed by atoms with Gasteiger partial charge < -0.3 is 18.9 Å². The van der Waals surface area contributed by atoms with E-state index in [0.29, 0.717) is 22.3 Å². The molecule has 0 aliphatic carbocycles. The highest BCUT2D eigenvalue weighted by atomic mass is 35.5. The van der Waals surface area contributed by atoms with Gasteiger partial charge in [0.15, 0.2) is 23.0 Å². The summed E-state index contributed by atoms with van der Waals surface area (Å²) in [6, 6.07) is 19.5. The molecule has 164 valence electrons. The summed E-state index contributed by atoms with van der Waals surface area (Å²) in [5.74, 6) is 2.82. The molecule has 7 heteroatoms. The van der Waals surface area contributed by atoms with Crippen LogP contribution in [0.25, 0.3) is 0 Å². The number of rotatable bonds is 5. The van der Waals surface area contributed by atoms with Crippen molar-refractivity contribution < 1.29 is 18.9 Å². The van der Waals surface area contributed by atoms with Crippen molar-refractivity contribution >= 4 is 17.3 Å². The molecule has 0 aromatic heterocycles. The molecular weight excluding hydrogens is 428 g/mol. The molecule has 0 saturated heterocycles. The van der Waals surface area contributed by atoms with Crippen LogP contribution in [0.2, 0.25) is 5.02 Å². The number of hydrazone groups is 1. The molecule has 3 aromatic rings. The minimum absolute atomic E-state index is 0.0117. The number of hydrogen-bond donors (Lipinski definition) is 0. The van der Waals surface area contributed by atoms with Crippen molar-refractivity contribution in [3.8, 4) is 23.0 Å². The first-order chi connectivity index (χ1) is 15.6. The van der Waals surface area contributed by atoms with Crippen molar-refractivity contribution in [2.45, 2.75) is 18.7 Å². The first kappa shape index (κ1) is 20.5. The number of para-hydroxylation sites is 1. The SMILES string of the molecule is COc1ccc(C2=NN3C(C2)c2cccc(OC)c2OC3c2ccc(Cl)cc2)cc1OC. The number of methoxy groups -OCH3 is 3. The molecule has 0 fully saturated rings. The Morgan fingerprint density at radius 3 is 2.38 bits per heavy atom. The lowest BCUT2D eigenvalue weighted by Crippen LogP contribution is -2.33. The van der Waals surface area contributed by atoms with Crippen LogP contribution >= 0.6 is 11.6 Å². The third-order valence-corrected chi connectivity index (χ3v) is 6.12. The molecule has 3 aromatic carbocycles. The lowest BCUT2D eigenvalue weighted by molar-refractivity contribution is -0.0208. The average Bonchev–Trinajstić information content (AvgIpc) is 3.29. The molecule has 0 saturated carbocycles. The molecule has 6 nitrogen and oxygen atoms in total. The summed E-state index contributed by atoms with van der Waals surface area (Å²) in [5.41, 5.74) is 3.95. The first-order valence-corrected chi connectivity index (χ1v) is 10.7. The van der Waals surface area contributed by atoms with E-state index in [4.69, 9.17) is 35.6 Å². The molecular formula is C25H23ClN2O4. The molecule has 2 unspecified atom stereocenters. The zero-order valence-electron chi connectivity index (χ0n) is 18.0. The van der Waals surface area contributed by atoms with Crippen LogP contribution in [0.4, 0.5) is 0 Å². The maximum absolute atomic E-state index is 6.47. The Labute approximate surface area is 191 Å². The second kappa shape index (κ2) is 8.28. The summed E-state index contributed by atoms with van der Waals surface area (Å²) in [7, 11) is 4.92. The Bertz CT molecular complexity index is 1180. The van der Waals surface area contributed by atoms with Gasteiger partial charge in [-0.05, 0) is 36.4 Å². The lowest BCUT2D eigenvalue weighted by Gasteiger charge is -2.38. The highest BCUT2D eigenvalue weighted by Crippen LogP contribution is 2.50. The van der Waals surface area contributed by atoms with Gasteiger partial charge in [-0.15, -0.1) is 0 Å². The number of halogens is 1. The normalized spacial score (nSPS) is 18.9. The Kier molecular flexibility index (Phi) is 5.31. The van der Waals surface area contributed by atoms with Crippen LogP contribution in [0.15, 0.2) is 65.8 Å². The zero-order valence-corrected chi connectivity index (χ0v) is 18.8. The van der Waals surface area contributed by atoms with Gasteiger partial charge in [-0.2, -0.15) is 5.10 Å². The van der Waals surface area contributed by atoms with Gasteiger partial charge in [-0.3, -0.25) is 0 Å². The fourth-order valence-electron chi connectivity index (χ4n) is 4.28. The monoisotopic (exact) mass is 450 g/mol. The predicted molar refractivity (Wildman–Crippen MR) is 123 cm³/mol. The van der Waals surface area contributed by atoms with E-state index in [1.165, 1.54) is 0 Å². The molecule has 0 N–H and O–H groups in total. The van der Waals surface area contributed by atoms with Gasteiger partial charge in [0.1, 0.15) is 0 Å². The van der Waals surface area contributed by atoms with Crippen molar-refractivity contribution in [2.24, 2.45) is 5.10 Å². The van der Waals surface area contributed by atoms with Crippen molar-refractivity contribution in [3.05, 3.63) is 82.4 Å². The molecule has 0 amide bonds. The smallest absolute Gasteiger partial charge is 0.214 e. The molecule has 2 aliphatic rings. The molecule has 2 atom stereocenters. The number of fused-ring (bicyclic) bond motifs is 3. The average molecular weight is 451 g/mol. The van der Waals surface area contributed by atoms with Crippen molar-refractivity contribution in [3.63, 3.8) is 0 Å². The molecule has 0 bridgehead atoms. The quantitative estimate of drug-likeness (QED) is 0.505. The van der Waals surface area contributed by atoms with Gasteiger partial charge in [0.2, 0.25) is 6.23 Å². The van der Waals surface area contributed by atoms with Gasteiger partial charge in [-0.25, -0.2) is 5.01 Å². The fraction of sp³-hybridized carbons (Fsp3) is 0.240. The largest absolute Gasteiger partial charge is 0.493 e. The highest BCUT2D eigenvalue weighted by Gasteiger charge is 2.42. The van der Waals surface area contributed by atoms with E-state index in [-0.39, 0.29) is 6.04 Å². The molecule has 5 rings (SSSR count). The second-order valence-corrected chi connectivity index (χ2v) is 8.05. The van der Waals surface area contributed by atoms with Gasteiger partial charge in [0.05, 0.1) is 33.1 Å². The summed E-state index contributed by atoms with van der Waals surface area (Å²) < 4.78 is 22.9. The van der Waals surface area contributed by atoms with Gasteiger partial charge in [-0.1, -0.05) is 35.9 Å². The van der Waals surface area contributed by atoms with Gasteiger partial charge >= 0.3 is 0 Å². The first-order valence-electron chi connectivity index (χ1n) is 10.3. The van der Waals surface area contributed by atoms with E-state index in [0.717, 1.165) is 34.6 Å². The van der Waals surface area contributed by atoms with E-state index in [2.05, 4.69) is 6.07 Å². The number of hydrogen-bond acceptors (Lipinski definition) is 6. The maximum atomic E-state index is 6.47. The third-order valence-electron chi connectivity index (χ3n) is 5.87. The molecule has 0 radical (unpaired) electrons. The topological polar surface area (TPSA) is 52.5 Å². The van der Waals surface area contributed by atoms with E-state index in [1.807, 2.05) is 59.6 Å². The Balaban J connectivity index is 1.60. The van der Waals surface area contributed by atoms with Crippen LogP contribution in [0.3, 0.4) is 0 Å². The fourth-order valence-corrected chi connectivity index (χ4v) is 4.41. The number of nitrogens with zero attached hydrogens (tertiary/aromatic N) is 2. The van der Waals surface area contributed by atoms with Gasteiger partial charge in [0, 0.05) is 28.1 Å². The number of benzene rings is 3. The number of ether oxygens (including phenoxy) is 4. The van der Waals surface area contributed by atoms with Crippen LogP contribution in [0, 0.1) is 0 Å². The summed E-state index contributed by atoms with van der Waals surface area (Å²) in [6.45, 7) is 0. The summed E-state index contributed by atoms with van der Waals surface area (Å²) in [6.07, 6.45) is 0.321. The standard InChI is InChI=1S/C25H23ClN2O4/c1-29-21-12-9-16(13-23(21)31-3)19-14-20-18-5-4-6-22(30-2)24(18)32-25(28(20)27-19)15-7-10-17(26)11-8-15/h4-13,20,25H,14H2,1-3H3. The van der Waals surface area contributed by atoms with Crippen molar-refractivity contribution in [1.82, 2.24) is 5.01 Å². The summed E-state index contributed by atoms with van der Waals surface area (Å²) in [4.78, 5) is 0. The van der Waals surface area contributed by atoms with E-state index in [1.54, 1.807) is 21.3 Å². The highest BCUT2D eigenvalue weighted by molar-refractivity contribution is 6.30.